The van der Waals surface area contributed by atoms with Gasteiger partial charge in [0.05, 0.1) is 23.1 Å². The number of benzene rings is 1. The first-order chi connectivity index (χ1) is 11.7. The molecule has 0 spiro atoms. The van der Waals surface area contributed by atoms with Crippen LogP contribution in [0.1, 0.15) is 10.5 Å². The number of nitrogens with zero attached hydrogens (tertiary/aromatic N) is 4. The van der Waals surface area contributed by atoms with Gasteiger partial charge in [0.25, 0.3) is 5.91 Å². The van der Waals surface area contributed by atoms with Crippen LogP contribution in [0.5, 0.6) is 0 Å². The van der Waals surface area contributed by atoms with Gasteiger partial charge in [-0.1, -0.05) is 23.7 Å². The Morgan fingerprint density at radius 3 is 2.50 bits per heavy atom. The smallest absolute Gasteiger partial charge is 0.274 e. The number of aromatic nitrogens is 2. The fraction of sp³-hybridized carbons (Fsp3) is 0.250. The number of rotatable bonds is 4. The quantitative estimate of drug-likeness (QED) is 0.855. The minimum absolute atomic E-state index is 0.183. The molecule has 8 heteroatoms. The van der Waals surface area contributed by atoms with Gasteiger partial charge in [-0.25, -0.2) is 9.97 Å². The van der Waals surface area contributed by atoms with E-state index in [4.69, 9.17) is 11.6 Å². The zero-order valence-electron chi connectivity index (χ0n) is 12.9. The third-order valence-electron chi connectivity index (χ3n) is 3.76. The van der Waals surface area contributed by atoms with Crippen LogP contribution in [-0.4, -0.2) is 58.3 Å². The molecule has 0 atom stereocenters. The molecular formula is C16H16ClN5O2. The molecule has 1 fully saturated rings. The van der Waals surface area contributed by atoms with E-state index in [1.54, 1.807) is 15.9 Å². The number of carbonyl (C=O) groups excluding carboxylic acids is 2. The fourth-order valence-electron chi connectivity index (χ4n) is 2.40. The van der Waals surface area contributed by atoms with Crippen molar-refractivity contribution in [3.8, 4) is 0 Å². The van der Waals surface area contributed by atoms with E-state index in [-0.39, 0.29) is 11.6 Å². The number of amides is 2. The average molecular weight is 346 g/mol. The largest absolute Gasteiger partial charge is 0.342 e. The van der Waals surface area contributed by atoms with Crippen LogP contribution in [0.4, 0.5) is 11.5 Å². The number of piperazine rings is 1. The van der Waals surface area contributed by atoms with Crippen LogP contribution in [-0.2, 0) is 4.79 Å². The second-order valence-electron chi connectivity index (χ2n) is 5.33. The fourth-order valence-corrected chi connectivity index (χ4v) is 2.58. The van der Waals surface area contributed by atoms with Crippen molar-refractivity contribution in [1.29, 1.82) is 0 Å². The Labute approximate surface area is 144 Å². The highest BCUT2D eigenvalue weighted by Gasteiger charge is 2.22. The van der Waals surface area contributed by atoms with Crippen molar-refractivity contribution in [2.45, 2.75) is 0 Å². The van der Waals surface area contributed by atoms with Gasteiger partial charge in [0, 0.05) is 26.2 Å². The average Bonchev–Trinajstić information content (AvgIpc) is 2.64. The third-order valence-corrected chi connectivity index (χ3v) is 4.09. The molecule has 1 aromatic carbocycles. The van der Waals surface area contributed by atoms with Gasteiger partial charge in [-0.05, 0) is 12.1 Å². The molecule has 1 aliphatic rings. The molecule has 1 saturated heterocycles. The van der Waals surface area contributed by atoms with E-state index in [1.807, 2.05) is 18.2 Å². The molecular weight excluding hydrogens is 330 g/mol. The lowest BCUT2D eigenvalue weighted by Gasteiger charge is -2.32. The SMILES string of the molecule is O=CN1CCN(C(=O)c2cnc(Nc3ccccc3Cl)cn2)CC1. The summed E-state index contributed by atoms with van der Waals surface area (Å²) in [6.07, 6.45) is 3.74. The van der Waals surface area contributed by atoms with Crippen molar-refractivity contribution in [2.75, 3.05) is 31.5 Å². The molecule has 24 heavy (non-hydrogen) atoms. The van der Waals surface area contributed by atoms with Crippen molar-refractivity contribution < 1.29 is 9.59 Å². The molecule has 1 N–H and O–H groups in total. The predicted octanol–water partition coefficient (Wildman–Crippen LogP) is 1.79. The van der Waals surface area contributed by atoms with E-state index in [0.29, 0.717) is 37.0 Å². The molecule has 3 rings (SSSR count). The first-order valence-electron chi connectivity index (χ1n) is 7.49. The van der Waals surface area contributed by atoms with E-state index in [2.05, 4.69) is 15.3 Å². The van der Waals surface area contributed by atoms with Crippen LogP contribution in [0, 0.1) is 0 Å². The summed E-state index contributed by atoms with van der Waals surface area (Å²) in [4.78, 5) is 34.8. The van der Waals surface area contributed by atoms with Crippen molar-refractivity contribution in [1.82, 2.24) is 19.8 Å². The zero-order valence-corrected chi connectivity index (χ0v) is 13.6. The van der Waals surface area contributed by atoms with E-state index >= 15 is 0 Å². The maximum absolute atomic E-state index is 12.4. The molecule has 7 nitrogen and oxygen atoms in total. The molecule has 0 aliphatic carbocycles. The van der Waals surface area contributed by atoms with Gasteiger partial charge >= 0.3 is 0 Å². The number of hydrogen-bond acceptors (Lipinski definition) is 5. The summed E-state index contributed by atoms with van der Waals surface area (Å²) in [5, 5.41) is 3.63. The molecule has 2 heterocycles. The normalized spacial score (nSPS) is 14.4. The monoisotopic (exact) mass is 345 g/mol. The molecule has 2 amide bonds. The van der Waals surface area contributed by atoms with Gasteiger partial charge in [-0.3, -0.25) is 9.59 Å². The Hall–Kier alpha value is -2.67. The second-order valence-corrected chi connectivity index (χ2v) is 5.73. The molecule has 1 aliphatic heterocycles. The van der Waals surface area contributed by atoms with Crippen LogP contribution < -0.4 is 5.32 Å². The zero-order chi connectivity index (χ0) is 16.9. The minimum Gasteiger partial charge on any atom is -0.342 e. The van der Waals surface area contributed by atoms with Gasteiger partial charge in [0.2, 0.25) is 6.41 Å². The molecule has 1 aromatic heterocycles. The van der Waals surface area contributed by atoms with Gasteiger partial charge in [-0.2, -0.15) is 0 Å². The highest BCUT2D eigenvalue weighted by atomic mass is 35.5. The first kappa shape index (κ1) is 16.2. The number of nitrogens with one attached hydrogen (secondary N) is 1. The van der Waals surface area contributed by atoms with Crippen molar-refractivity contribution >= 4 is 35.4 Å². The first-order valence-corrected chi connectivity index (χ1v) is 7.87. The number of para-hydroxylation sites is 1. The van der Waals surface area contributed by atoms with E-state index < -0.39 is 0 Å². The number of carbonyl (C=O) groups is 2. The maximum Gasteiger partial charge on any atom is 0.274 e. The van der Waals surface area contributed by atoms with Crippen LogP contribution >= 0.6 is 11.6 Å². The Morgan fingerprint density at radius 2 is 1.88 bits per heavy atom. The molecule has 0 radical (unpaired) electrons. The standard InChI is InChI=1S/C16H16ClN5O2/c17-12-3-1-2-4-13(12)20-15-10-18-14(9-19-15)16(24)22-7-5-21(11-23)6-8-22/h1-4,9-11H,5-8H2,(H,19,20). The minimum atomic E-state index is -0.183. The van der Waals surface area contributed by atoms with Crippen LogP contribution in [0.2, 0.25) is 5.02 Å². The van der Waals surface area contributed by atoms with E-state index in [1.165, 1.54) is 12.4 Å². The van der Waals surface area contributed by atoms with Gasteiger partial charge in [0.15, 0.2) is 0 Å². The van der Waals surface area contributed by atoms with Gasteiger partial charge in [0.1, 0.15) is 11.5 Å². The molecule has 2 aromatic rings. The molecule has 0 unspecified atom stereocenters. The third kappa shape index (κ3) is 3.62. The number of anilines is 2. The maximum atomic E-state index is 12.4. The van der Waals surface area contributed by atoms with Crippen LogP contribution in [0.15, 0.2) is 36.7 Å². The number of hydrogen-bond donors (Lipinski definition) is 1. The van der Waals surface area contributed by atoms with Gasteiger partial charge in [-0.15, -0.1) is 0 Å². The highest BCUT2D eigenvalue weighted by molar-refractivity contribution is 6.33. The summed E-state index contributed by atoms with van der Waals surface area (Å²) >= 11 is 6.08. The van der Waals surface area contributed by atoms with Gasteiger partial charge < -0.3 is 15.1 Å². The summed E-state index contributed by atoms with van der Waals surface area (Å²) in [6, 6.07) is 7.30. The van der Waals surface area contributed by atoms with Crippen LogP contribution in [0.3, 0.4) is 0 Å². The van der Waals surface area contributed by atoms with Crippen molar-refractivity contribution in [3.63, 3.8) is 0 Å². The molecule has 124 valence electrons. The summed E-state index contributed by atoms with van der Waals surface area (Å²) in [5.74, 6) is 0.322. The predicted molar refractivity (Wildman–Crippen MR) is 90.3 cm³/mol. The summed E-state index contributed by atoms with van der Waals surface area (Å²) < 4.78 is 0. The summed E-state index contributed by atoms with van der Waals surface area (Å²) in [5.41, 5.74) is 0.997. The molecule has 0 bridgehead atoms. The highest BCUT2D eigenvalue weighted by Crippen LogP contribution is 2.23. The lowest BCUT2D eigenvalue weighted by atomic mass is 10.3. The summed E-state index contributed by atoms with van der Waals surface area (Å²) in [6.45, 7) is 2.07. The summed E-state index contributed by atoms with van der Waals surface area (Å²) in [7, 11) is 0. The number of halogens is 1. The second kappa shape index (κ2) is 7.27. The Kier molecular flexibility index (Phi) is 4.90. The van der Waals surface area contributed by atoms with Crippen molar-refractivity contribution in [2.24, 2.45) is 0 Å². The van der Waals surface area contributed by atoms with E-state index in [0.717, 1.165) is 12.1 Å². The van der Waals surface area contributed by atoms with Crippen LogP contribution in [0.25, 0.3) is 0 Å². The topological polar surface area (TPSA) is 78.4 Å². The lowest BCUT2D eigenvalue weighted by Crippen LogP contribution is -2.48. The van der Waals surface area contributed by atoms with Crippen molar-refractivity contribution in [3.05, 3.63) is 47.4 Å². The molecule has 0 saturated carbocycles. The van der Waals surface area contributed by atoms with E-state index in [9.17, 15) is 9.59 Å². The Balaban J connectivity index is 1.65. The Morgan fingerprint density at radius 1 is 1.12 bits per heavy atom. The lowest BCUT2D eigenvalue weighted by molar-refractivity contribution is -0.119. The Bertz CT molecular complexity index is 730.